The van der Waals surface area contributed by atoms with Gasteiger partial charge in [-0.15, -0.1) is 0 Å². The van der Waals surface area contributed by atoms with Gasteiger partial charge in [0.15, 0.2) is 5.82 Å². The average molecular weight is 232 g/mol. The van der Waals surface area contributed by atoms with Crippen LogP contribution in [0.1, 0.15) is 5.56 Å². The summed E-state index contributed by atoms with van der Waals surface area (Å²) in [5, 5.41) is 7.23. The largest absolute Gasteiger partial charge is 0.497 e. The van der Waals surface area contributed by atoms with Crippen LogP contribution < -0.4 is 10.1 Å². The lowest BCUT2D eigenvalue weighted by molar-refractivity contribution is 0.414. The second kappa shape index (κ2) is 4.97. The molecule has 0 aliphatic rings. The summed E-state index contributed by atoms with van der Waals surface area (Å²) >= 11 is 0. The molecule has 2 rings (SSSR count). The van der Waals surface area contributed by atoms with Crippen molar-refractivity contribution in [2.75, 3.05) is 14.2 Å². The van der Waals surface area contributed by atoms with E-state index in [4.69, 9.17) is 4.74 Å². The second-order valence-electron chi connectivity index (χ2n) is 3.76. The molecule has 0 amide bonds. The molecular formula is C12H16N4O. The molecule has 90 valence electrons. The van der Waals surface area contributed by atoms with Crippen molar-refractivity contribution in [3.05, 3.63) is 30.1 Å². The highest BCUT2D eigenvalue weighted by molar-refractivity contribution is 5.62. The highest BCUT2D eigenvalue weighted by Gasteiger charge is 2.10. The van der Waals surface area contributed by atoms with E-state index in [-0.39, 0.29) is 0 Å². The van der Waals surface area contributed by atoms with Gasteiger partial charge in [-0.05, 0) is 30.8 Å². The Hall–Kier alpha value is -1.88. The predicted octanol–water partition coefficient (Wildman–Crippen LogP) is 1.21. The van der Waals surface area contributed by atoms with Gasteiger partial charge in [0.2, 0.25) is 0 Å². The van der Waals surface area contributed by atoms with E-state index in [9.17, 15) is 0 Å². The molecule has 0 aliphatic carbocycles. The van der Waals surface area contributed by atoms with Gasteiger partial charge in [0.25, 0.3) is 0 Å². The number of ether oxygens (including phenoxy) is 1. The predicted molar refractivity (Wildman–Crippen MR) is 65.8 cm³/mol. The van der Waals surface area contributed by atoms with E-state index in [2.05, 4.69) is 15.4 Å². The van der Waals surface area contributed by atoms with Crippen LogP contribution in [0.2, 0.25) is 0 Å². The fraction of sp³-hybridized carbons (Fsp3) is 0.333. The van der Waals surface area contributed by atoms with Crippen molar-refractivity contribution >= 4 is 0 Å². The molecule has 5 nitrogen and oxygen atoms in total. The summed E-state index contributed by atoms with van der Waals surface area (Å²) in [6.07, 6.45) is 1.56. The van der Waals surface area contributed by atoms with Crippen molar-refractivity contribution < 1.29 is 4.74 Å². The first-order valence-electron chi connectivity index (χ1n) is 5.42. The molecule has 0 aliphatic heterocycles. The third kappa shape index (κ3) is 2.29. The normalized spacial score (nSPS) is 10.5. The van der Waals surface area contributed by atoms with Crippen molar-refractivity contribution in [3.8, 4) is 17.1 Å². The first-order chi connectivity index (χ1) is 8.26. The van der Waals surface area contributed by atoms with Gasteiger partial charge in [0, 0.05) is 19.2 Å². The smallest absolute Gasteiger partial charge is 0.158 e. The lowest BCUT2D eigenvalue weighted by Gasteiger charge is -2.10. The van der Waals surface area contributed by atoms with Gasteiger partial charge in [0.1, 0.15) is 12.1 Å². The van der Waals surface area contributed by atoms with E-state index in [0.29, 0.717) is 0 Å². The Morgan fingerprint density at radius 2 is 2.24 bits per heavy atom. The minimum atomic E-state index is 0.763. The zero-order valence-corrected chi connectivity index (χ0v) is 10.3. The van der Waals surface area contributed by atoms with Gasteiger partial charge in [0.05, 0.1) is 7.11 Å². The molecule has 1 aromatic carbocycles. The molecule has 1 N–H and O–H groups in total. The first kappa shape index (κ1) is 11.6. The van der Waals surface area contributed by atoms with Crippen molar-refractivity contribution in [1.82, 2.24) is 20.1 Å². The highest BCUT2D eigenvalue weighted by atomic mass is 16.5. The van der Waals surface area contributed by atoms with Crippen molar-refractivity contribution in [2.45, 2.75) is 6.54 Å². The molecule has 0 bridgehead atoms. The van der Waals surface area contributed by atoms with Crippen LogP contribution in [0.3, 0.4) is 0 Å². The van der Waals surface area contributed by atoms with Gasteiger partial charge in [-0.25, -0.2) is 9.67 Å². The van der Waals surface area contributed by atoms with E-state index >= 15 is 0 Å². The Balaban J connectivity index is 2.49. The molecule has 17 heavy (non-hydrogen) atoms. The number of hydrogen-bond donors (Lipinski definition) is 1. The van der Waals surface area contributed by atoms with Crippen LogP contribution in [0.25, 0.3) is 11.4 Å². The Morgan fingerprint density at radius 1 is 1.41 bits per heavy atom. The van der Waals surface area contributed by atoms with Crippen molar-refractivity contribution in [2.24, 2.45) is 7.05 Å². The molecule has 2 aromatic rings. The van der Waals surface area contributed by atoms with E-state index in [0.717, 1.165) is 29.2 Å². The molecule has 0 saturated carbocycles. The lowest BCUT2D eigenvalue weighted by atomic mass is 10.1. The second-order valence-corrected chi connectivity index (χ2v) is 3.76. The maximum Gasteiger partial charge on any atom is 0.158 e. The number of nitrogens with zero attached hydrogens (tertiary/aromatic N) is 3. The number of aryl methyl sites for hydroxylation is 1. The number of rotatable bonds is 4. The van der Waals surface area contributed by atoms with E-state index in [1.54, 1.807) is 18.1 Å². The van der Waals surface area contributed by atoms with Gasteiger partial charge < -0.3 is 10.1 Å². The number of aromatic nitrogens is 3. The SMILES string of the molecule is CNCc1cc(OC)ccc1-c1ncnn1C. The molecule has 0 fully saturated rings. The summed E-state index contributed by atoms with van der Waals surface area (Å²) in [6.45, 7) is 0.763. The highest BCUT2D eigenvalue weighted by Crippen LogP contribution is 2.25. The molecule has 0 unspecified atom stereocenters. The van der Waals surface area contributed by atoms with Crippen LogP contribution in [0.5, 0.6) is 5.75 Å². The molecule has 0 radical (unpaired) electrons. The van der Waals surface area contributed by atoms with Gasteiger partial charge >= 0.3 is 0 Å². The quantitative estimate of drug-likeness (QED) is 0.861. The van der Waals surface area contributed by atoms with Crippen molar-refractivity contribution in [1.29, 1.82) is 0 Å². The Morgan fingerprint density at radius 3 is 2.82 bits per heavy atom. The first-order valence-corrected chi connectivity index (χ1v) is 5.42. The van der Waals surface area contributed by atoms with Crippen LogP contribution in [0.15, 0.2) is 24.5 Å². The maximum absolute atomic E-state index is 5.23. The summed E-state index contributed by atoms with van der Waals surface area (Å²) in [7, 11) is 5.47. The molecule has 0 saturated heterocycles. The lowest BCUT2D eigenvalue weighted by Crippen LogP contribution is -2.08. The van der Waals surface area contributed by atoms with E-state index in [1.165, 1.54) is 0 Å². The molecule has 5 heteroatoms. The number of nitrogens with one attached hydrogen (secondary N) is 1. The Bertz CT molecular complexity index is 507. The summed E-state index contributed by atoms with van der Waals surface area (Å²) in [5.41, 5.74) is 2.21. The van der Waals surface area contributed by atoms with E-state index in [1.807, 2.05) is 32.3 Å². The van der Waals surface area contributed by atoms with Crippen LogP contribution in [0, 0.1) is 0 Å². The summed E-state index contributed by atoms with van der Waals surface area (Å²) in [4.78, 5) is 4.27. The monoisotopic (exact) mass is 232 g/mol. The zero-order valence-electron chi connectivity index (χ0n) is 10.3. The topological polar surface area (TPSA) is 52.0 Å². The number of methoxy groups -OCH3 is 1. The maximum atomic E-state index is 5.23. The van der Waals surface area contributed by atoms with Crippen LogP contribution >= 0.6 is 0 Å². The molecule has 1 heterocycles. The van der Waals surface area contributed by atoms with Gasteiger partial charge in [-0.2, -0.15) is 5.10 Å². The van der Waals surface area contributed by atoms with Gasteiger partial charge in [-0.3, -0.25) is 0 Å². The van der Waals surface area contributed by atoms with Crippen LogP contribution in [-0.2, 0) is 13.6 Å². The van der Waals surface area contributed by atoms with Crippen LogP contribution in [-0.4, -0.2) is 28.9 Å². The van der Waals surface area contributed by atoms with Gasteiger partial charge in [-0.1, -0.05) is 0 Å². The number of hydrogen-bond acceptors (Lipinski definition) is 4. The standard InChI is InChI=1S/C12H16N4O/c1-13-7-9-6-10(17-3)4-5-11(9)12-14-8-15-16(12)2/h4-6,8,13H,7H2,1-3H3. The summed E-state index contributed by atoms with van der Waals surface area (Å²) in [6, 6.07) is 5.96. The summed E-state index contributed by atoms with van der Waals surface area (Å²) < 4.78 is 7.00. The van der Waals surface area contributed by atoms with Crippen LogP contribution in [0.4, 0.5) is 0 Å². The number of benzene rings is 1. The third-order valence-corrected chi connectivity index (χ3v) is 2.63. The fourth-order valence-electron chi connectivity index (χ4n) is 1.79. The Kier molecular flexibility index (Phi) is 3.39. The molecular weight excluding hydrogens is 216 g/mol. The minimum Gasteiger partial charge on any atom is -0.497 e. The summed E-state index contributed by atoms with van der Waals surface area (Å²) in [5.74, 6) is 1.71. The minimum absolute atomic E-state index is 0.763. The van der Waals surface area contributed by atoms with Crippen molar-refractivity contribution in [3.63, 3.8) is 0 Å². The Labute approximate surface area is 100 Å². The van der Waals surface area contributed by atoms with E-state index < -0.39 is 0 Å². The zero-order chi connectivity index (χ0) is 12.3. The average Bonchev–Trinajstić information content (AvgIpc) is 2.76. The fourth-order valence-corrected chi connectivity index (χ4v) is 1.79. The third-order valence-electron chi connectivity index (χ3n) is 2.63. The molecule has 0 atom stereocenters. The molecule has 1 aromatic heterocycles. The molecule has 0 spiro atoms.